The highest BCUT2D eigenvalue weighted by molar-refractivity contribution is 6.00. The van der Waals surface area contributed by atoms with Gasteiger partial charge in [0.1, 0.15) is 12.1 Å². The Morgan fingerprint density at radius 3 is 2.26 bits per heavy atom. The third-order valence-electron chi connectivity index (χ3n) is 5.63. The number of amides is 3. The molecule has 1 heterocycles. The number of carbonyl (C=O) groups is 3. The summed E-state index contributed by atoms with van der Waals surface area (Å²) in [4.78, 5) is 40.9. The average molecular weight is 423 g/mol. The summed E-state index contributed by atoms with van der Waals surface area (Å²) in [5.41, 5.74) is 2.41. The molecule has 0 bridgehead atoms. The van der Waals surface area contributed by atoms with Gasteiger partial charge in [0.05, 0.1) is 6.04 Å². The van der Waals surface area contributed by atoms with Crippen molar-refractivity contribution >= 4 is 23.4 Å². The summed E-state index contributed by atoms with van der Waals surface area (Å²) in [7, 11) is 1.69. The molecule has 31 heavy (non-hydrogen) atoms. The lowest BCUT2D eigenvalue weighted by molar-refractivity contribution is -0.143. The maximum Gasteiger partial charge on any atom is 0.251 e. The lowest BCUT2D eigenvalue weighted by Gasteiger charge is -2.31. The molecular formula is C24H30N4O3. The molecule has 1 aliphatic heterocycles. The number of nitrogens with one attached hydrogen (secondary N) is 3. The lowest BCUT2D eigenvalue weighted by Crippen LogP contribution is -2.55. The SMILES string of the molecule is CNC(C)C(=O)NC(C(=O)N1Cc2ccccc2C1C(=O)Nc1ccccc1)C(C)C. The van der Waals surface area contributed by atoms with Crippen LogP contribution in [0.15, 0.2) is 54.6 Å². The maximum absolute atomic E-state index is 13.6. The molecule has 1 aliphatic rings. The number of hydrogen-bond donors (Lipinski definition) is 3. The zero-order valence-electron chi connectivity index (χ0n) is 18.4. The smallest absolute Gasteiger partial charge is 0.251 e. The van der Waals surface area contributed by atoms with Gasteiger partial charge in [-0.05, 0) is 43.1 Å². The molecule has 3 amide bonds. The highest BCUT2D eigenvalue weighted by atomic mass is 16.2. The van der Waals surface area contributed by atoms with Crippen molar-refractivity contribution in [1.29, 1.82) is 0 Å². The maximum atomic E-state index is 13.6. The molecule has 3 rings (SSSR count). The Hall–Kier alpha value is -3.19. The number of carbonyl (C=O) groups excluding carboxylic acids is 3. The predicted molar refractivity (Wildman–Crippen MR) is 120 cm³/mol. The molecule has 2 aromatic rings. The Morgan fingerprint density at radius 1 is 0.968 bits per heavy atom. The molecule has 3 atom stereocenters. The van der Waals surface area contributed by atoms with Crippen LogP contribution in [0, 0.1) is 5.92 Å². The molecule has 0 radical (unpaired) electrons. The van der Waals surface area contributed by atoms with Gasteiger partial charge in [0.15, 0.2) is 0 Å². The molecule has 0 aromatic heterocycles. The number of fused-ring (bicyclic) bond motifs is 1. The van der Waals surface area contributed by atoms with Crippen molar-refractivity contribution in [3.05, 3.63) is 65.7 Å². The van der Waals surface area contributed by atoms with Gasteiger partial charge >= 0.3 is 0 Å². The van der Waals surface area contributed by atoms with Gasteiger partial charge in [-0.2, -0.15) is 0 Å². The summed E-state index contributed by atoms with van der Waals surface area (Å²) in [6.45, 7) is 5.83. The summed E-state index contributed by atoms with van der Waals surface area (Å²) in [6.07, 6.45) is 0. The quantitative estimate of drug-likeness (QED) is 0.639. The number of benzene rings is 2. The Morgan fingerprint density at radius 2 is 1.61 bits per heavy atom. The molecule has 0 saturated carbocycles. The number of nitrogens with zero attached hydrogens (tertiary/aromatic N) is 1. The molecular weight excluding hydrogens is 392 g/mol. The average Bonchev–Trinajstić information content (AvgIpc) is 3.16. The van der Waals surface area contributed by atoms with Crippen molar-refractivity contribution < 1.29 is 14.4 Å². The van der Waals surface area contributed by atoms with Gasteiger partial charge in [0, 0.05) is 12.2 Å². The van der Waals surface area contributed by atoms with E-state index in [0.717, 1.165) is 11.1 Å². The van der Waals surface area contributed by atoms with Crippen molar-refractivity contribution in [2.45, 2.75) is 45.4 Å². The van der Waals surface area contributed by atoms with E-state index in [2.05, 4.69) is 16.0 Å². The predicted octanol–water partition coefficient (Wildman–Crippen LogP) is 2.46. The fraction of sp³-hybridized carbons (Fsp3) is 0.375. The molecule has 0 saturated heterocycles. The van der Waals surface area contributed by atoms with Crippen LogP contribution < -0.4 is 16.0 Å². The monoisotopic (exact) mass is 422 g/mol. The Balaban J connectivity index is 1.89. The molecule has 0 spiro atoms. The first-order chi connectivity index (χ1) is 14.8. The molecule has 7 nitrogen and oxygen atoms in total. The van der Waals surface area contributed by atoms with E-state index < -0.39 is 18.1 Å². The van der Waals surface area contributed by atoms with Crippen LogP contribution in [-0.4, -0.2) is 41.8 Å². The summed E-state index contributed by atoms with van der Waals surface area (Å²) in [5, 5.41) is 8.66. The number of anilines is 1. The van der Waals surface area contributed by atoms with Crippen LogP contribution in [0.2, 0.25) is 0 Å². The second-order valence-electron chi connectivity index (χ2n) is 8.16. The first-order valence-corrected chi connectivity index (χ1v) is 10.5. The number of para-hydroxylation sites is 1. The van der Waals surface area contributed by atoms with E-state index in [4.69, 9.17) is 0 Å². The van der Waals surface area contributed by atoms with Crippen molar-refractivity contribution in [2.24, 2.45) is 5.92 Å². The zero-order chi connectivity index (χ0) is 22.5. The van der Waals surface area contributed by atoms with Crippen molar-refractivity contribution in [3.8, 4) is 0 Å². The van der Waals surface area contributed by atoms with Gasteiger partial charge in [0.2, 0.25) is 11.8 Å². The number of likely N-dealkylation sites (N-methyl/N-ethyl adjacent to an activating group) is 1. The number of hydrogen-bond acceptors (Lipinski definition) is 4. The second-order valence-corrected chi connectivity index (χ2v) is 8.16. The third kappa shape index (κ3) is 4.94. The summed E-state index contributed by atoms with van der Waals surface area (Å²) < 4.78 is 0. The molecule has 0 aliphatic carbocycles. The highest BCUT2D eigenvalue weighted by Crippen LogP contribution is 2.35. The largest absolute Gasteiger partial charge is 0.343 e. The zero-order valence-corrected chi connectivity index (χ0v) is 18.4. The van der Waals surface area contributed by atoms with E-state index in [9.17, 15) is 14.4 Å². The minimum Gasteiger partial charge on any atom is -0.343 e. The Bertz CT molecular complexity index is 945. The van der Waals surface area contributed by atoms with E-state index in [1.165, 1.54) is 0 Å². The summed E-state index contributed by atoms with van der Waals surface area (Å²) in [6, 6.07) is 14.8. The molecule has 2 aromatic carbocycles. The van der Waals surface area contributed by atoms with Gasteiger partial charge in [-0.1, -0.05) is 56.3 Å². The van der Waals surface area contributed by atoms with Crippen LogP contribution >= 0.6 is 0 Å². The first-order valence-electron chi connectivity index (χ1n) is 10.5. The minimum absolute atomic E-state index is 0.137. The fourth-order valence-electron chi connectivity index (χ4n) is 3.71. The van der Waals surface area contributed by atoms with Gasteiger partial charge < -0.3 is 20.9 Å². The van der Waals surface area contributed by atoms with E-state index in [1.807, 2.05) is 56.3 Å². The van der Waals surface area contributed by atoms with Gasteiger partial charge in [-0.15, -0.1) is 0 Å². The normalized spacial score (nSPS) is 17.1. The molecule has 0 fully saturated rings. The van der Waals surface area contributed by atoms with Crippen LogP contribution in [0.25, 0.3) is 0 Å². The van der Waals surface area contributed by atoms with Crippen molar-refractivity contribution in [1.82, 2.24) is 15.5 Å². The van der Waals surface area contributed by atoms with E-state index in [0.29, 0.717) is 12.2 Å². The van der Waals surface area contributed by atoms with Crippen molar-refractivity contribution in [2.75, 3.05) is 12.4 Å². The second kappa shape index (κ2) is 9.75. The van der Waals surface area contributed by atoms with Crippen LogP contribution in [0.4, 0.5) is 5.69 Å². The Labute approximate surface area is 183 Å². The number of rotatable bonds is 7. The van der Waals surface area contributed by atoms with Gasteiger partial charge in [-0.3, -0.25) is 14.4 Å². The van der Waals surface area contributed by atoms with Crippen molar-refractivity contribution in [3.63, 3.8) is 0 Å². The first kappa shape index (κ1) is 22.5. The van der Waals surface area contributed by atoms with Crippen LogP contribution in [0.3, 0.4) is 0 Å². The molecule has 7 heteroatoms. The van der Waals surface area contributed by atoms with Crippen LogP contribution in [0.1, 0.15) is 37.9 Å². The van der Waals surface area contributed by atoms with Crippen LogP contribution in [0.5, 0.6) is 0 Å². The molecule has 164 valence electrons. The lowest BCUT2D eigenvalue weighted by atomic mass is 10.0. The summed E-state index contributed by atoms with van der Waals surface area (Å²) >= 11 is 0. The molecule has 3 unspecified atom stereocenters. The molecule has 3 N–H and O–H groups in total. The van der Waals surface area contributed by atoms with E-state index in [1.54, 1.807) is 31.0 Å². The minimum atomic E-state index is -0.760. The topological polar surface area (TPSA) is 90.5 Å². The standard InChI is InChI=1S/C24H30N4O3/c1-15(2)20(27-22(29)16(3)25-4)24(31)28-14-17-10-8-9-13-19(17)21(28)23(30)26-18-11-6-5-7-12-18/h5-13,15-16,20-21,25H,14H2,1-4H3,(H,26,30)(H,27,29). The third-order valence-corrected chi connectivity index (χ3v) is 5.63. The highest BCUT2D eigenvalue weighted by Gasteiger charge is 2.41. The Kier molecular flexibility index (Phi) is 7.07. The summed E-state index contributed by atoms with van der Waals surface area (Å²) in [5.74, 6) is -0.934. The van der Waals surface area contributed by atoms with Gasteiger partial charge in [0.25, 0.3) is 5.91 Å². The van der Waals surface area contributed by atoms with E-state index in [-0.39, 0.29) is 23.6 Å². The van der Waals surface area contributed by atoms with Crippen LogP contribution in [-0.2, 0) is 20.9 Å². The van der Waals surface area contributed by atoms with E-state index >= 15 is 0 Å². The van der Waals surface area contributed by atoms with Gasteiger partial charge in [-0.25, -0.2) is 0 Å². The fourth-order valence-corrected chi connectivity index (χ4v) is 3.71.